The molecule has 0 aliphatic carbocycles. The highest BCUT2D eigenvalue weighted by Gasteiger charge is 2.22. The number of nitrogens with two attached hydrogens (primary N) is 1. The summed E-state index contributed by atoms with van der Waals surface area (Å²) >= 11 is 0. The third-order valence-electron chi connectivity index (χ3n) is 2.06. The van der Waals surface area contributed by atoms with Crippen LogP contribution in [0.25, 0.3) is 0 Å². The molecule has 1 atom stereocenters. The van der Waals surface area contributed by atoms with Gasteiger partial charge in [-0.3, -0.25) is 0 Å². The van der Waals surface area contributed by atoms with Crippen LogP contribution in [0, 0.1) is 5.82 Å². The second kappa shape index (κ2) is 3.71. The zero-order valence-corrected chi connectivity index (χ0v) is 7.76. The number of hydrogen-bond donors (Lipinski definition) is 1. The van der Waals surface area contributed by atoms with Crippen molar-refractivity contribution in [2.45, 2.75) is 18.9 Å². The van der Waals surface area contributed by atoms with Crippen molar-refractivity contribution >= 4 is 0 Å². The first-order chi connectivity index (χ1) is 6.08. The van der Waals surface area contributed by atoms with Crippen LogP contribution < -0.4 is 5.73 Å². The van der Waals surface area contributed by atoms with Crippen LogP contribution in [-0.4, -0.2) is 0 Å². The SMILES string of the molecule is C=CC[C@](C)(N)c1ccccc1F. The first-order valence-electron chi connectivity index (χ1n) is 4.23. The van der Waals surface area contributed by atoms with Gasteiger partial charge in [0.15, 0.2) is 0 Å². The number of rotatable bonds is 3. The third kappa shape index (κ3) is 2.16. The molecule has 0 fully saturated rings. The molecular formula is C11H14FN. The van der Waals surface area contributed by atoms with Crippen molar-refractivity contribution < 1.29 is 4.39 Å². The third-order valence-corrected chi connectivity index (χ3v) is 2.06. The fourth-order valence-corrected chi connectivity index (χ4v) is 1.33. The summed E-state index contributed by atoms with van der Waals surface area (Å²) in [7, 11) is 0. The van der Waals surface area contributed by atoms with Gasteiger partial charge in [0.05, 0.1) is 0 Å². The average Bonchev–Trinajstić information content (AvgIpc) is 2.04. The smallest absolute Gasteiger partial charge is 0.128 e. The molecule has 2 heteroatoms. The van der Waals surface area contributed by atoms with Gasteiger partial charge >= 0.3 is 0 Å². The van der Waals surface area contributed by atoms with Crippen LogP contribution in [0.1, 0.15) is 18.9 Å². The normalized spacial score (nSPS) is 15.0. The molecule has 0 saturated heterocycles. The van der Waals surface area contributed by atoms with E-state index < -0.39 is 5.54 Å². The first-order valence-corrected chi connectivity index (χ1v) is 4.23. The van der Waals surface area contributed by atoms with E-state index in [0.29, 0.717) is 12.0 Å². The van der Waals surface area contributed by atoms with Crippen molar-refractivity contribution in [3.05, 3.63) is 48.3 Å². The van der Waals surface area contributed by atoms with E-state index in [1.807, 2.05) is 0 Å². The Kier molecular flexibility index (Phi) is 2.83. The molecule has 0 amide bonds. The predicted molar refractivity (Wildman–Crippen MR) is 52.8 cm³/mol. The summed E-state index contributed by atoms with van der Waals surface area (Å²) in [4.78, 5) is 0. The average molecular weight is 179 g/mol. The lowest BCUT2D eigenvalue weighted by Gasteiger charge is -2.23. The lowest BCUT2D eigenvalue weighted by Crippen LogP contribution is -2.33. The maximum absolute atomic E-state index is 13.3. The molecule has 13 heavy (non-hydrogen) atoms. The van der Waals surface area contributed by atoms with Crippen LogP contribution in [0.4, 0.5) is 4.39 Å². The minimum absolute atomic E-state index is 0.255. The van der Waals surface area contributed by atoms with Gasteiger partial charge in [-0.05, 0) is 19.4 Å². The molecule has 1 aromatic rings. The Morgan fingerprint density at radius 2 is 2.15 bits per heavy atom. The van der Waals surface area contributed by atoms with E-state index >= 15 is 0 Å². The molecule has 0 radical (unpaired) electrons. The van der Waals surface area contributed by atoms with Gasteiger partial charge in [-0.2, -0.15) is 0 Å². The Bertz CT molecular complexity index is 305. The van der Waals surface area contributed by atoms with Crippen LogP contribution in [0.15, 0.2) is 36.9 Å². The van der Waals surface area contributed by atoms with Gasteiger partial charge < -0.3 is 5.73 Å². The monoisotopic (exact) mass is 179 g/mol. The second-order valence-corrected chi connectivity index (χ2v) is 3.39. The van der Waals surface area contributed by atoms with Crippen molar-refractivity contribution in [2.24, 2.45) is 5.73 Å². The van der Waals surface area contributed by atoms with Crippen molar-refractivity contribution in [3.8, 4) is 0 Å². The van der Waals surface area contributed by atoms with Crippen molar-refractivity contribution in [1.82, 2.24) is 0 Å². The van der Waals surface area contributed by atoms with E-state index in [4.69, 9.17) is 5.73 Å². The number of benzene rings is 1. The van der Waals surface area contributed by atoms with E-state index in [0.717, 1.165) is 0 Å². The van der Waals surface area contributed by atoms with E-state index in [9.17, 15) is 4.39 Å². The number of halogens is 1. The zero-order valence-electron chi connectivity index (χ0n) is 7.76. The van der Waals surface area contributed by atoms with E-state index in [1.165, 1.54) is 6.07 Å². The molecular weight excluding hydrogens is 165 g/mol. The van der Waals surface area contributed by atoms with E-state index in [2.05, 4.69) is 6.58 Å². The molecule has 1 aromatic carbocycles. The van der Waals surface area contributed by atoms with Crippen molar-refractivity contribution in [3.63, 3.8) is 0 Å². The highest BCUT2D eigenvalue weighted by Crippen LogP contribution is 2.24. The Balaban J connectivity index is 3.06. The molecule has 0 aliphatic heterocycles. The van der Waals surface area contributed by atoms with Crippen molar-refractivity contribution in [1.29, 1.82) is 0 Å². The fraction of sp³-hybridized carbons (Fsp3) is 0.273. The topological polar surface area (TPSA) is 26.0 Å². The molecule has 1 nitrogen and oxygen atoms in total. The summed E-state index contributed by atoms with van der Waals surface area (Å²) < 4.78 is 13.3. The summed E-state index contributed by atoms with van der Waals surface area (Å²) in [6.45, 7) is 5.40. The Hall–Kier alpha value is -1.15. The van der Waals surface area contributed by atoms with E-state index in [1.54, 1.807) is 31.2 Å². The van der Waals surface area contributed by atoms with Crippen LogP contribution in [0.3, 0.4) is 0 Å². The van der Waals surface area contributed by atoms with Crippen molar-refractivity contribution in [2.75, 3.05) is 0 Å². The molecule has 2 N–H and O–H groups in total. The lowest BCUT2D eigenvalue weighted by molar-refractivity contribution is 0.465. The van der Waals surface area contributed by atoms with Gasteiger partial charge in [0.25, 0.3) is 0 Å². The summed E-state index contributed by atoms with van der Waals surface area (Å²) in [5.74, 6) is -0.255. The molecule has 1 rings (SSSR count). The lowest BCUT2D eigenvalue weighted by atomic mass is 9.89. The van der Waals surface area contributed by atoms with Crippen LogP contribution in [0.5, 0.6) is 0 Å². The Labute approximate surface area is 78.1 Å². The number of hydrogen-bond acceptors (Lipinski definition) is 1. The zero-order chi connectivity index (χ0) is 9.90. The van der Waals surface area contributed by atoms with Crippen LogP contribution in [-0.2, 0) is 5.54 Å². The molecule has 70 valence electrons. The maximum atomic E-state index is 13.3. The minimum Gasteiger partial charge on any atom is -0.321 e. The summed E-state index contributed by atoms with van der Waals surface area (Å²) in [6.07, 6.45) is 2.26. The Morgan fingerprint density at radius 1 is 1.54 bits per heavy atom. The largest absolute Gasteiger partial charge is 0.321 e. The van der Waals surface area contributed by atoms with Gasteiger partial charge in [-0.25, -0.2) is 4.39 Å². The van der Waals surface area contributed by atoms with Gasteiger partial charge in [-0.15, -0.1) is 6.58 Å². The van der Waals surface area contributed by atoms with Crippen LogP contribution >= 0.6 is 0 Å². The van der Waals surface area contributed by atoms with E-state index in [-0.39, 0.29) is 5.82 Å². The van der Waals surface area contributed by atoms with Gasteiger partial charge in [0.1, 0.15) is 5.82 Å². The van der Waals surface area contributed by atoms with Gasteiger partial charge in [0.2, 0.25) is 0 Å². The molecule has 0 unspecified atom stereocenters. The van der Waals surface area contributed by atoms with Gasteiger partial charge in [-0.1, -0.05) is 24.3 Å². The molecule has 0 heterocycles. The van der Waals surface area contributed by atoms with Gasteiger partial charge in [0, 0.05) is 11.1 Å². The fourth-order valence-electron chi connectivity index (χ4n) is 1.33. The molecule has 0 spiro atoms. The second-order valence-electron chi connectivity index (χ2n) is 3.39. The summed E-state index contributed by atoms with van der Waals surface area (Å²) in [5, 5.41) is 0. The van der Waals surface area contributed by atoms with Crippen LogP contribution in [0.2, 0.25) is 0 Å². The molecule has 0 bridgehead atoms. The predicted octanol–water partition coefficient (Wildman–Crippen LogP) is 2.58. The highest BCUT2D eigenvalue weighted by molar-refractivity contribution is 5.25. The molecule has 0 aliphatic rings. The minimum atomic E-state index is -0.660. The summed E-state index contributed by atoms with van der Waals surface area (Å²) in [5.41, 5.74) is 5.82. The quantitative estimate of drug-likeness (QED) is 0.709. The standard InChI is InChI=1S/C11H14FN/c1-3-8-11(2,13)9-6-4-5-7-10(9)12/h3-7H,1,8,13H2,2H3/t11-/m0/s1. The first kappa shape index (κ1) is 9.93. The molecule has 0 saturated carbocycles. The highest BCUT2D eigenvalue weighted by atomic mass is 19.1. The molecule has 0 aromatic heterocycles. The Morgan fingerprint density at radius 3 is 2.69 bits per heavy atom. The maximum Gasteiger partial charge on any atom is 0.128 e. The summed E-state index contributed by atoms with van der Waals surface area (Å²) in [6, 6.07) is 6.57.